The lowest BCUT2D eigenvalue weighted by molar-refractivity contribution is 0.394. The molecule has 1 heterocycles. The molecule has 0 spiro atoms. The van der Waals surface area contributed by atoms with Crippen molar-refractivity contribution < 1.29 is 4.74 Å². The summed E-state index contributed by atoms with van der Waals surface area (Å²) in [5, 5.41) is 0. The maximum Gasteiger partial charge on any atom is 0.227 e. The SMILES string of the molecule is COc1nccc(Br)c1I. The molecular weight excluding hydrogens is 309 g/mol. The highest BCUT2D eigenvalue weighted by Crippen LogP contribution is 2.25. The zero-order valence-corrected chi connectivity index (χ0v) is 9.01. The largest absolute Gasteiger partial charge is 0.480 e. The van der Waals surface area contributed by atoms with E-state index in [1.54, 1.807) is 13.3 Å². The van der Waals surface area contributed by atoms with Crippen molar-refractivity contribution in [3.8, 4) is 5.88 Å². The van der Waals surface area contributed by atoms with Crippen molar-refractivity contribution in [2.75, 3.05) is 7.11 Å². The van der Waals surface area contributed by atoms with Crippen molar-refractivity contribution >= 4 is 38.5 Å². The van der Waals surface area contributed by atoms with Crippen LogP contribution in [0.4, 0.5) is 0 Å². The quantitative estimate of drug-likeness (QED) is 0.743. The van der Waals surface area contributed by atoms with E-state index >= 15 is 0 Å². The molecule has 0 amide bonds. The van der Waals surface area contributed by atoms with Crippen molar-refractivity contribution in [3.63, 3.8) is 0 Å². The van der Waals surface area contributed by atoms with Crippen LogP contribution in [0.2, 0.25) is 0 Å². The van der Waals surface area contributed by atoms with Crippen molar-refractivity contribution in [3.05, 3.63) is 20.3 Å². The lowest BCUT2D eigenvalue weighted by Gasteiger charge is -2.01. The first-order valence-corrected chi connectivity index (χ1v) is 4.47. The summed E-state index contributed by atoms with van der Waals surface area (Å²) in [5.41, 5.74) is 0. The Bertz CT molecular complexity index is 241. The molecule has 0 unspecified atom stereocenters. The normalized spacial score (nSPS) is 9.50. The summed E-state index contributed by atoms with van der Waals surface area (Å²) in [6.07, 6.45) is 1.70. The van der Waals surface area contributed by atoms with Gasteiger partial charge >= 0.3 is 0 Å². The molecule has 0 saturated carbocycles. The molecule has 54 valence electrons. The molecule has 0 saturated heterocycles. The Morgan fingerprint density at radius 1 is 1.70 bits per heavy atom. The average Bonchev–Trinajstić information content (AvgIpc) is 1.95. The fraction of sp³-hybridized carbons (Fsp3) is 0.167. The molecule has 0 bridgehead atoms. The molecule has 0 fully saturated rings. The van der Waals surface area contributed by atoms with Gasteiger partial charge in [0, 0.05) is 10.7 Å². The summed E-state index contributed by atoms with van der Waals surface area (Å²) in [6, 6.07) is 1.88. The molecule has 10 heavy (non-hydrogen) atoms. The van der Waals surface area contributed by atoms with Crippen LogP contribution in [0.1, 0.15) is 0 Å². The van der Waals surface area contributed by atoms with E-state index in [0.29, 0.717) is 5.88 Å². The first-order chi connectivity index (χ1) is 4.75. The number of hydrogen-bond donors (Lipinski definition) is 0. The second-order valence-corrected chi connectivity index (χ2v) is 3.55. The number of rotatable bonds is 1. The third-order valence-corrected chi connectivity index (χ3v) is 3.45. The zero-order valence-electron chi connectivity index (χ0n) is 5.27. The number of pyridine rings is 1. The van der Waals surface area contributed by atoms with Crippen LogP contribution in [-0.4, -0.2) is 12.1 Å². The van der Waals surface area contributed by atoms with Gasteiger partial charge in [0.25, 0.3) is 0 Å². The summed E-state index contributed by atoms with van der Waals surface area (Å²) in [7, 11) is 1.61. The molecule has 0 atom stereocenters. The third kappa shape index (κ3) is 1.60. The van der Waals surface area contributed by atoms with Gasteiger partial charge in [-0.3, -0.25) is 0 Å². The van der Waals surface area contributed by atoms with Gasteiger partial charge in [-0.1, -0.05) is 0 Å². The van der Waals surface area contributed by atoms with Gasteiger partial charge in [-0.15, -0.1) is 0 Å². The van der Waals surface area contributed by atoms with Gasteiger partial charge in [0.15, 0.2) is 0 Å². The van der Waals surface area contributed by atoms with E-state index < -0.39 is 0 Å². The van der Waals surface area contributed by atoms with E-state index in [9.17, 15) is 0 Å². The van der Waals surface area contributed by atoms with E-state index in [0.717, 1.165) is 8.04 Å². The minimum atomic E-state index is 0.662. The molecule has 0 aliphatic rings. The van der Waals surface area contributed by atoms with E-state index in [-0.39, 0.29) is 0 Å². The van der Waals surface area contributed by atoms with E-state index in [4.69, 9.17) is 4.74 Å². The molecule has 4 heteroatoms. The van der Waals surface area contributed by atoms with E-state index in [1.165, 1.54) is 0 Å². The summed E-state index contributed by atoms with van der Waals surface area (Å²) in [6.45, 7) is 0. The standard InChI is InChI=1S/C6H5BrINO/c1-10-6-5(8)4(7)2-3-9-6/h2-3H,1H3. The van der Waals surface area contributed by atoms with Crippen LogP contribution in [0.15, 0.2) is 16.7 Å². The number of methoxy groups -OCH3 is 1. The van der Waals surface area contributed by atoms with Gasteiger partial charge < -0.3 is 4.74 Å². The number of aromatic nitrogens is 1. The minimum Gasteiger partial charge on any atom is -0.480 e. The Morgan fingerprint density at radius 3 is 2.90 bits per heavy atom. The van der Waals surface area contributed by atoms with E-state index in [1.807, 2.05) is 6.07 Å². The smallest absolute Gasteiger partial charge is 0.227 e. The minimum absolute atomic E-state index is 0.662. The Hall–Kier alpha value is 0.160. The van der Waals surface area contributed by atoms with Crippen LogP contribution in [0, 0.1) is 3.57 Å². The maximum atomic E-state index is 4.98. The highest BCUT2D eigenvalue weighted by Gasteiger charge is 2.02. The maximum absolute atomic E-state index is 4.98. The second-order valence-electron chi connectivity index (χ2n) is 1.62. The van der Waals surface area contributed by atoms with Crippen molar-refractivity contribution in [1.29, 1.82) is 0 Å². The van der Waals surface area contributed by atoms with Crippen LogP contribution in [0.5, 0.6) is 5.88 Å². The zero-order chi connectivity index (χ0) is 7.56. The summed E-state index contributed by atoms with van der Waals surface area (Å²) >= 11 is 5.53. The van der Waals surface area contributed by atoms with Crippen LogP contribution >= 0.6 is 38.5 Å². The Kier molecular flexibility index (Phi) is 2.91. The summed E-state index contributed by atoms with van der Waals surface area (Å²) < 4.78 is 6.99. The highest BCUT2D eigenvalue weighted by atomic mass is 127. The number of halogens is 2. The molecule has 0 radical (unpaired) electrons. The third-order valence-electron chi connectivity index (χ3n) is 1.00. The first-order valence-electron chi connectivity index (χ1n) is 2.59. The van der Waals surface area contributed by atoms with Gasteiger partial charge in [-0.2, -0.15) is 0 Å². The fourth-order valence-corrected chi connectivity index (χ4v) is 1.37. The van der Waals surface area contributed by atoms with Crippen molar-refractivity contribution in [2.45, 2.75) is 0 Å². The van der Waals surface area contributed by atoms with Crippen molar-refractivity contribution in [1.82, 2.24) is 4.98 Å². The Balaban J connectivity index is 3.14. The summed E-state index contributed by atoms with van der Waals surface area (Å²) in [4.78, 5) is 4.00. The van der Waals surface area contributed by atoms with Gasteiger partial charge in [0.1, 0.15) is 0 Å². The molecule has 0 aliphatic heterocycles. The molecule has 1 aromatic heterocycles. The lowest BCUT2D eigenvalue weighted by atomic mass is 10.5. The molecular formula is C6H5BrINO. The molecule has 2 nitrogen and oxygen atoms in total. The van der Waals surface area contributed by atoms with Crippen LogP contribution in [0.3, 0.4) is 0 Å². The van der Waals surface area contributed by atoms with Gasteiger partial charge in [0.05, 0.1) is 10.7 Å². The van der Waals surface area contributed by atoms with Crippen LogP contribution in [-0.2, 0) is 0 Å². The van der Waals surface area contributed by atoms with Gasteiger partial charge in [-0.25, -0.2) is 4.98 Å². The topological polar surface area (TPSA) is 22.1 Å². The molecule has 1 rings (SSSR count). The Morgan fingerprint density at radius 2 is 2.40 bits per heavy atom. The van der Waals surface area contributed by atoms with Gasteiger partial charge in [0.2, 0.25) is 5.88 Å². The first kappa shape index (κ1) is 8.26. The predicted molar refractivity (Wildman–Crippen MR) is 51.2 cm³/mol. The Labute approximate surface area is 81.3 Å². The molecule has 1 aromatic rings. The molecule has 0 aromatic carbocycles. The summed E-state index contributed by atoms with van der Waals surface area (Å²) in [5.74, 6) is 0.662. The monoisotopic (exact) mass is 313 g/mol. The number of nitrogens with zero attached hydrogens (tertiary/aromatic N) is 1. The van der Waals surface area contributed by atoms with Crippen LogP contribution < -0.4 is 4.74 Å². The second kappa shape index (κ2) is 3.52. The number of hydrogen-bond acceptors (Lipinski definition) is 2. The fourth-order valence-electron chi connectivity index (χ4n) is 0.545. The van der Waals surface area contributed by atoms with Gasteiger partial charge in [-0.05, 0) is 44.6 Å². The highest BCUT2D eigenvalue weighted by molar-refractivity contribution is 14.1. The molecule has 0 N–H and O–H groups in total. The lowest BCUT2D eigenvalue weighted by Crippen LogP contribution is -1.90. The average molecular weight is 314 g/mol. The van der Waals surface area contributed by atoms with E-state index in [2.05, 4.69) is 43.5 Å². The van der Waals surface area contributed by atoms with Crippen molar-refractivity contribution in [2.24, 2.45) is 0 Å². The molecule has 0 aliphatic carbocycles. The number of ether oxygens (including phenoxy) is 1. The predicted octanol–water partition coefficient (Wildman–Crippen LogP) is 2.46. The van der Waals surface area contributed by atoms with Crippen LogP contribution in [0.25, 0.3) is 0 Å².